The molecule has 1 aromatic heterocycles. The number of pyridine rings is 1. The zero-order valence-electron chi connectivity index (χ0n) is 8.20. The van der Waals surface area contributed by atoms with Crippen molar-refractivity contribution >= 4 is 17.5 Å². The highest BCUT2D eigenvalue weighted by Crippen LogP contribution is 2.13. The SMILES string of the molecule is CCNc1ccc(N)c(C(=O)OC)n1. The van der Waals surface area contributed by atoms with E-state index in [1.54, 1.807) is 12.1 Å². The van der Waals surface area contributed by atoms with Gasteiger partial charge in [0.1, 0.15) is 5.82 Å². The molecule has 14 heavy (non-hydrogen) atoms. The number of nitrogens with zero attached hydrogens (tertiary/aromatic N) is 1. The van der Waals surface area contributed by atoms with Crippen molar-refractivity contribution in [3.63, 3.8) is 0 Å². The highest BCUT2D eigenvalue weighted by Gasteiger charge is 2.12. The number of nitrogens with one attached hydrogen (secondary N) is 1. The van der Waals surface area contributed by atoms with Crippen LogP contribution in [0.1, 0.15) is 17.4 Å². The molecule has 0 aromatic carbocycles. The Morgan fingerprint density at radius 1 is 1.64 bits per heavy atom. The maximum Gasteiger partial charge on any atom is 0.358 e. The van der Waals surface area contributed by atoms with Crippen LogP contribution in [0, 0.1) is 0 Å². The lowest BCUT2D eigenvalue weighted by atomic mass is 10.3. The monoisotopic (exact) mass is 195 g/mol. The van der Waals surface area contributed by atoms with Crippen molar-refractivity contribution in [1.82, 2.24) is 4.98 Å². The van der Waals surface area contributed by atoms with E-state index in [9.17, 15) is 4.79 Å². The van der Waals surface area contributed by atoms with Gasteiger partial charge in [-0.25, -0.2) is 9.78 Å². The van der Waals surface area contributed by atoms with Crippen molar-refractivity contribution < 1.29 is 9.53 Å². The summed E-state index contributed by atoms with van der Waals surface area (Å²) in [6, 6.07) is 3.34. The first-order valence-electron chi connectivity index (χ1n) is 4.27. The number of nitrogen functional groups attached to an aromatic ring is 1. The van der Waals surface area contributed by atoms with Crippen LogP contribution >= 0.6 is 0 Å². The van der Waals surface area contributed by atoms with Crippen LogP contribution in [0.4, 0.5) is 11.5 Å². The van der Waals surface area contributed by atoms with E-state index in [2.05, 4.69) is 15.0 Å². The number of aromatic nitrogens is 1. The molecule has 0 amide bonds. The van der Waals surface area contributed by atoms with Crippen molar-refractivity contribution in [2.75, 3.05) is 24.7 Å². The summed E-state index contributed by atoms with van der Waals surface area (Å²) >= 11 is 0. The van der Waals surface area contributed by atoms with E-state index in [-0.39, 0.29) is 5.69 Å². The van der Waals surface area contributed by atoms with Crippen molar-refractivity contribution in [3.05, 3.63) is 17.8 Å². The van der Waals surface area contributed by atoms with Crippen LogP contribution in [-0.2, 0) is 4.74 Å². The number of carbonyl (C=O) groups is 1. The minimum Gasteiger partial charge on any atom is -0.464 e. The number of methoxy groups -OCH3 is 1. The summed E-state index contributed by atoms with van der Waals surface area (Å²) in [4.78, 5) is 15.2. The Hall–Kier alpha value is -1.78. The van der Waals surface area contributed by atoms with Gasteiger partial charge in [-0.05, 0) is 19.1 Å². The first-order valence-corrected chi connectivity index (χ1v) is 4.27. The van der Waals surface area contributed by atoms with Crippen molar-refractivity contribution in [2.45, 2.75) is 6.92 Å². The Kier molecular flexibility index (Phi) is 3.28. The molecule has 1 heterocycles. The molecule has 1 rings (SSSR count). The molecule has 1 aromatic rings. The standard InChI is InChI=1S/C9H13N3O2/c1-3-11-7-5-4-6(10)8(12-7)9(13)14-2/h4-5H,3,10H2,1-2H3,(H,11,12). The maximum atomic E-state index is 11.2. The molecule has 0 atom stereocenters. The fourth-order valence-electron chi connectivity index (χ4n) is 1.01. The van der Waals surface area contributed by atoms with Gasteiger partial charge in [0.2, 0.25) is 0 Å². The lowest BCUT2D eigenvalue weighted by molar-refractivity contribution is 0.0595. The minimum absolute atomic E-state index is 0.144. The molecule has 5 nitrogen and oxygen atoms in total. The number of ether oxygens (including phenoxy) is 1. The second kappa shape index (κ2) is 4.45. The number of rotatable bonds is 3. The summed E-state index contributed by atoms with van der Waals surface area (Å²) in [6.45, 7) is 2.67. The van der Waals surface area contributed by atoms with Gasteiger partial charge in [-0.2, -0.15) is 0 Å². The van der Waals surface area contributed by atoms with Crippen LogP contribution in [0.5, 0.6) is 0 Å². The van der Waals surface area contributed by atoms with E-state index < -0.39 is 5.97 Å². The minimum atomic E-state index is -0.526. The number of hydrogen-bond donors (Lipinski definition) is 2. The van der Waals surface area contributed by atoms with E-state index in [0.717, 1.165) is 6.54 Å². The first-order chi connectivity index (χ1) is 6.69. The average Bonchev–Trinajstić information content (AvgIpc) is 2.20. The Labute approximate surface area is 82.3 Å². The van der Waals surface area contributed by atoms with Gasteiger partial charge in [-0.15, -0.1) is 0 Å². The van der Waals surface area contributed by atoms with Crippen molar-refractivity contribution in [2.24, 2.45) is 0 Å². The molecule has 5 heteroatoms. The largest absolute Gasteiger partial charge is 0.464 e. The van der Waals surface area contributed by atoms with E-state index >= 15 is 0 Å². The lowest BCUT2D eigenvalue weighted by Crippen LogP contribution is -2.10. The zero-order valence-corrected chi connectivity index (χ0v) is 8.20. The molecule has 0 saturated heterocycles. The molecule has 0 radical (unpaired) electrons. The number of nitrogens with two attached hydrogens (primary N) is 1. The first kappa shape index (κ1) is 10.3. The quantitative estimate of drug-likeness (QED) is 0.700. The third-order valence-electron chi connectivity index (χ3n) is 1.66. The van der Waals surface area contributed by atoms with Crippen LogP contribution in [0.2, 0.25) is 0 Å². The van der Waals surface area contributed by atoms with Gasteiger partial charge in [-0.3, -0.25) is 0 Å². The van der Waals surface area contributed by atoms with Gasteiger partial charge in [0.05, 0.1) is 12.8 Å². The van der Waals surface area contributed by atoms with Gasteiger partial charge in [0.15, 0.2) is 5.69 Å². The molecule has 76 valence electrons. The molecule has 0 aliphatic heterocycles. The van der Waals surface area contributed by atoms with Crippen LogP contribution in [-0.4, -0.2) is 24.6 Å². The molecular weight excluding hydrogens is 182 g/mol. The highest BCUT2D eigenvalue weighted by atomic mass is 16.5. The summed E-state index contributed by atoms with van der Waals surface area (Å²) in [7, 11) is 1.30. The van der Waals surface area contributed by atoms with E-state index in [4.69, 9.17) is 5.73 Å². The van der Waals surface area contributed by atoms with Gasteiger partial charge in [0, 0.05) is 6.54 Å². The van der Waals surface area contributed by atoms with Crippen LogP contribution in [0.3, 0.4) is 0 Å². The smallest absolute Gasteiger partial charge is 0.358 e. The van der Waals surface area contributed by atoms with Gasteiger partial charge in [0.25, 0.3) is 0 Å². The Balaban J connectivity index is 3.01. The normalized spacial score (nSPS) is 9.57. The summed E-state index contributed by atoms with van der Waals surface area (Å²) in [5, 5.41) is 2.98. The molecule has 0 bridgehead atoms. The number of carbonyl (C=O) groups excluding carboxylic acids is 1. The summed E-state index contributed by atoms with van der Waals surface area (Å²) in [6.07, 6.45) is 0. The molecule has 3 N–H and O–H groups in total. The molecule has 0 aliphatic carbocycles. The highest BCUT2D eigenvalue weighted by molar-refractivity contribution is 5.93. The number of hydrogen-bond acceptors (Lipinski definition) is 5. The third-order valence-corrected chi connectivity index (χ3v) is 1.66. The fourth-order valence-corrected chi connectivity index (χ4v) is 1.01. The number of anilines is 2. The molecule has 0 fully saturated rings. The van der Waals surface area contributed by atoms with Crippen molar-refractivity contribution in [3.8, 4) is 0 Å². The number of esters is 1. The summed E-state index contributed by atoms with van der Waals surface area (Å²) in [5.74, 6) is 0.0874. The molecule has 0 saturated carbocycles. The predicted molar refractivity (Wildman–Crippen MR) is 54.2 cm³/mol. The van der Waals surface area contributed by atoms with Crippen LogP contribution in [0.15, 0.2) is 12.1 Å². The predicted octanol–water partition coefficient (Wildman–Crippen LogP) is 0.882. The average molecular weight is 195 g/mol. The summed E-state index contributed by atoms with van der Waals surface area (Å²) in [5.41, 5.74) is 6.03. The molecule has 0 spiro atoms. The van der Waals surface area contributed by atoms with E-state index in [1.165, 1.54) is 7.11 Å². The topological polar surface area (TPSA) is 77.2 Å². The third kappa shape index (κ3) is 2.12. The van der Waals surface area contributed by atoms with Crippen LogP contribution < -0.4 is 11.1 Å². The van der Waals surface area contributed by atoms with E-state index in [0.29, 0.717) is 11.5 Å². The molecule has 0 aliphatic rings. The molecule has 0 unspecified atom stereocenters. The fraction of sp³-hybridized carbons (Fsp3) is 0.333. The van der Waals surface area contributed by atoms with Gasteiger partial charge in [-0.1, -0.05) is 0 Å². The second-order valence-corrected chi connectivity index (χ2v) is 2.66. The zero-order chi connectivity index (χ0) is 10.6. The van der Waals surface area contributed by atoms with Crippen LogP contribution in [0.25, 0.3) is 0 Å². The molecular formula is C9H13N3O2. The Morgan fingerprint density at radius 3 is 2.93 bits per heavy atom. The van der Waals surface area contributed by atoms with Gasteiger partial charge < -0.3 is 15.8 Å². The summed E-state index contributed by atoms with van der Waals surface area (Å²) < 4.78 is 4.54. The second-order valence-electron chi connectivity index (χ2n) is 2.66. The van der Waals surface area contributed by atoms with E-state index in [1.807, 2.05) is 6.92 Å². The lowest BCUT2D eigenvalue weighted by Gasteiger charge is -2.06. The Bertz CT molecular complexity index is 339. The van der Waals surface area contributed by atoms with Gasteiger partial charge >= 0.3 is 5.97 Å². The Morgan fingerprint density at radius 2 is 2.36 bits per heavy atom. The van der Waals surface area contributed by atoms with Crippen molar-refractivity contribution in [1.29, 1.82) is 0 Å². The maximum absolute atomic E-state index is 11.2.